The van der Waals surface area contributed by atoms with Crippen molar-refractivity contribution in [2.45, 2.75) is 46.0 Å². The van der Waals surface area contributed by atoms with Crippen molar-refractivity contribution in [2.75, 3.05) is 0 Å². The standard InChI is InChI=1S/C19H24O2/c1-12(2)7-8-13-9-10-16-17(11-13)19(21)15-6-4-3-5-14(15)18(16)20/h3-6,12-13,20-21H,7-11H2,1-2H3. The summed E-state index contributed by atoms with van der Waals surface area (Å²) in [5.74, 6) is 2.12. The molecule has 2 aromatic rings. The van der Waals surface area contributed by atoms with Gasteiger partial charge in [0.1, 0.15) is 11.5 Å². The van der Waals surface area contributed by atoms with Crippen molar-refractivity contribution in [1.29, 1.82) is 0 Å². The highest BCUT2D eigenvalue weighted by Gasteiger charge is 2.26. The smallest absolute Gasteiger partial charge is 0.127 e. The fraction of sp³-hybridized carbons (Fsp3) is 0.474. The Bertz CT molecular complexity index is 658. The van der Waals surface area contributed by atoms with Crippen LogP contribution in [0.5, 0.6) is 11.5 Å². The van der Waals surface area contributed by atoms with Crippen LogP contribution in [0.2, 0.25) is 0 Å². The summed E-state index contributed by atoms with van der Waals surface area (Å²) in [7, 11) is 0. The second-order valence-electron chi connectivity index (χ2n) is 6.78. The molecule has 0 radical (unpaired) electrons. The van der Waals surface area contributed by atoms with Gasteiger partial charge in [-0.2, -0.15) is 0 Å². The van der Waals surface area contributed by atoms with Gasteiger partial charge in [0.15, 0.2) is 0 Å². The van der Waals surface area contributed by atoms with Crippen molar-refractivity contribution in [3.05, 3.63) is 35.4 Å². The lowest BCUT2D eigenvalue weighted by molar-refractivity contribution is 0.367. The second kappa shape index (κ2) is 5.59. The summed E-state index contributed by atoms with van der Waals surface area (Å²) < 4.78 is 0. The highest BCUT2D eigenvalue weighted by atomic mass is 16.3. The third kappa shape index (κ3) is 2.59. The van der Waals surface area contributed by atoms with Crippen molar-refractivity contribution in [1.82, 2.24) is 0 Å². The van der Waals surface area contributed by atoms with Crippen LogP contribution in [0.4, 0.5) is 0 Å². The zero-order valence-electron chi connectivity index (χ0n) is 12.9. The number of benzene rings is 2. The van der Waals surface area contributed by atoms with E-state index >= 15 is 0 Å². The monoisotopic (exact) mass is 284 g/mol. The van der Waals surface area contributed by atoms with E-state index < -0.39 is 0 Å². The van der Waals surface area contributed by atoms with Crippen LogP contribution in [-0.2, 0) is 12.8 Å². The first kappa shape index (κ1) is 14.2. The molecule has 3 rings (SSSR count). The summed E-state index contributed by atoms with van der Waals surface area (Å²) in [5.41, 5.74) is 1.94. The molecule has 0 fully saturated rings. The van der Waals surface area contributed by atoms with Crippen molar-refractivity contribution < 1.29 is 10.2 Å². The number of hydrogen-bond donors (Lipinski definition) is 2. The van der Waals surface area contributed by atoms with Gasteiger partial charge < -0.3 is 10.2 Å². The lowest BCUT2D eigenvalue weighted by Gasteiger charge is -2.27. The SMILES string of the molecule is CC(C)CCC1CCc2c(c(O)c3ccccc3c2O)C1. The van der Waals surface area contributed by atoms with E-state index in [1.54, 1.807) is 0 Å². The maximum atomic E-state index is 10.6. The normalized spacial score (nSPS) is 18.1. The van der Waals surface area contributed by atoms with E-state index in [0.717, 1.165) is 47.1 Å². The molecule has 1 atom stereocenters. The van der Waals surface area contributed by atoms with Crippen LogP contribution in [0, 0.1) is 11.8 Å². The molecule has 2 N–H and O–H groups in total. The Hall–Kier alpha value is -1.70. The first-order valence-corrected chi connectivity index (χ1v) is 8.02. The summed E-state index contributed by atoms with van der Waals surface area (Å²) in [6, 6.07) is 7.59. The van der Waals surface area contributed by atoms with E-state index in [9.17, 15) is 10.2 Å². The number of phenolic OH excluding ortho intramolecular Hbond substituents is 2. The van der Waals surface area contributed by atoms with Crippen LogP contribution >= 0.6 is 0 Å². The van der Waals surface area contributed by atoms with Gasteiger partial charge in [-0.25, -0.2) is 0 Å². The minimum atomic E-state index is 0.376. The molecule has 2 aromatic carbocycles. The number of aromatic hydroxyl groups is 2. The average Bonchev–Trinajstić information content (AvgIpc) is 2.50. The van der Waals surface area contributed by atoms with Crippen molar-refractivity contribution in [2.24, 2.45) is 11.8 Å². The van der Waals surface area contributed by atoms with E-state index in [1.807, 2.05) is 24.3 Å². The van der Waals surface area contributed by atoms with Crippen LogP contribution in [0.25, 0.3) is 10.8 Å². The van der Waals surface area contributed by atoms with Crippen molar-refractivity contribution in [3.8, 4) is 11.5 Å². The fourth-order valence-electron chi connectivity index (χ4n) is 3.55. The minimum absolute atomic E-state index is 0.376. The summed E-state index contributed by atoms with van der Waals surface area (Å²) in [5, 5.41) is 22.7. The molecule has 0 spiro atoms. The predicted octanol–water partition coefficient (Wildman–Crippen LogP) is 4.79. The predicted molar refractivity (Wildman–Crippen MR) is 86.9 cm³/mol. The number of fused-ring (bicyclic) bond motifs is 2. The fourth-order valence-corrected chi connectivity index (χ4v) is 3.55. The molecule has 21 heavy (non-hydrogen) atoms. The molecule has 0 heterocycles. The third-order valence-electron chi connectivity index (χ3n) is 4.82. The first-order valence-electron chi connectivity index (χ1n) is 8.02. The Morgan fingerprint density at radius 2 is 1.67 bits per heavy atom. The van der Waals surface area contributed by atoms with E-state index in [4.69, 9.17) is 0 Å². The van der Waals surface area contributed by atoms with Gasteiger partial charge in [0.05, 0.1) is 0 Å². The third-order valence-corrected chi connectivity index (χ3v) is 4.82. The Balaban J connectivity index is 1.98. The van der Waals surface area contributed by atoms with Gasteiger partial charge in [0, 0.05) is 21.9 Å². The largest absolute Gasteiger partial charge is 0.507 e. The molecule has 2 heteroatoms. The maximum Gasteiger partial charge on any atom is 0.127 e. The minimum Gasteiger partial charge on any atom is -0.507 e. The summed E-state index contributed by atoms with van der Waals surface area (Å²) in [6.07, 6.45) is 5.34. The van der Waals surface area contributed by atoms with Crippen LogP contribution in [0.3, 0.4) is 0 Å². The van der Waals surface area contributed by atoms with E-state index in [2.05, 4.69) is 13.8 Å². The molecular formula is C19H24O2. The van der Waals surface area contributed by atoms with Gasteiger partial charge in [-0.15, -0.1) is 0 Å². The molecule has 0 aliphatic heterocycles. The van der Waals surface area contributed by atoms with Gasteiger partial charge >= 0.3 is 0 Å². The van der Waals surface area contributed by atoms with Gasteiger partial charge in [0.25, 0.3) is 0 Å². The summed E-state index contributed by atoms with van der Waals surface area (Å²) >= 11 is 0. The first-order chi connectivity index (χ1) is 10.1. The molecule has 0 bridgehead atoms. The quantitative estimate of drug-likeness (QED) is 0.795. The van der Waals surface area contributed by atoms with Crippen LogP contribution in [0.1, 0.15) is 44.2 Å². The Kier molecular flexibility index (Phi) is 3.79. The summed E-state index contributed by atoms with van der Waals surface area (Å²) in [4.78, 5) is 0. The van der Waals surface area contributed by atoms with E-state index in [-0.39, 0.29) is 0 Å². The summed E-state index contributed by atoms with van der Waals surface area (Å²) in [6.45, 7) is 4.52. The number of rotatable bonds is 3. The highest BCUT2D eigenvalue weighted by Crippen LogP contribution is 2.44. The van der Waals surface area contributed by atoms with E-state index in [0.29, 0.717) is 17.4 Å². The number of hydrogen-bond acceptors (Lipinski definition) is 2. The van der Waals surface area contributed by atoms with Gasteiger partial charge in [-0.3, -0.25) is 0 Å². The molecule has 1 aliphatic rings. The van der Waals surface area contributed by atoms with Crippen molar-refractivity contribution in [3.63, 3.8) is 0 Å². The lowest BCUT2D eigenvalue weighted by Crippen LogP contribution is -2.15. The van der Waals surface area contributed by atoms with Crippen LogP contribution in [-0.4, -0.2) is 10.2 Å². The average molecular weight is 284 g/mol. The Morgan fingerprint density at radius 1 is 1.05 bits per heavy atom. The topological polar surface area (TPSA) is 40.5 Å². The highest BCUT2D eigenvalue weighted by molar-refractivity contribution is 5.95. The van der Waals surface area contributed by atoms with Gasteiger partial charge in [-0.05, 0) is 37.5 Å². The second-order valence-corrected chi connectivity index (χ2v) is 6.78. The molecule has 0 saturated carbocycles. The lowest BCUT2D eigenvalue weighted by atomic mass is 9.79. The maximum absolute atomic E-state index is 10.6. The molecule has 112 valence electrons. The molecule has 2 nitrogen and oxygen atoms in total. The molecule has 0 saturated heterocycles. The number of phenols is 2. The zero-order valence-corrected chi connectivity index (χ0v) is 12.9. The van der Waals surface area contributed by atoms with Crippen LogP contribution in [0.15, 0.2) is 24.3 Å². The molecule has 1 unspecified atom stereocenters. The zero-order chi connectivity index (χ0) is 15.0. The molecule has 0 amide bonds. The van der Waals surface area contributed by atoms with Crippen molar-refractivity contribution >= 4 is 10.8 Å². The van der Waals surface area contributed by atoms with Crippen LogP contribution < -0.4 is 0 Å². The Morgan fingerprint density at radius 3 is 2.29 bits per heavy atom. The molecular weight excluding hydrogens is 260 g/mol. The van der Waals surface area contributed by atoms with E-state index in [1.165, 1.54) is 12.8 Å². The van der Waals surface area contributed by atoms with Gasteiger partial charge in [0.2, 0.25) is 0 Å². The Labute approximate surface area is 126 Å². The van der Waals surface area contributed by atoms with Gasteiger partial charge in [-0.1, -0.05) is 44.5 Å². The molecule has 0 aromatic heterocycles. The molecule has 1 aliphatic carbocycles.